The van der Waals surface area contributed by atoms with Crippen LogP contribution < -0.4 is 52.1 Å². The van der Waals surface area contributed by atoms with Gasteiger partial charge in [-0.05, 0) is 153 Å². The second-order valence-corrected chi connectivity index (χ2v) is 38.4. The van der Waals surface area contributed by atoms with Crippen molar-refractivity contribution >= 4 is 124 Å². The Bertz CT molecular complexity index is 6350. The highest BCUT2D eigenvalue weighted by Gasteiger charge is 2.51. The molecule has 0 fully saturated rings. The summed E-state index contributed by atoms with van der Waals surface area (Å²) in [4.78, 5) is 5.23. The molecule has 0 atom stereocenters. The molecule has 4 aliphatic heterocycles. The zero-order chi connectivity index (χ0) is 81.0. The van der Waals surface area contributed by atoms with Crippen molar-refractivity contribution in [2.45, 2.75) is 131 Å². The number of hydrogen-bond donors (Lipinski definition) is 0. The van der Waals surface area contributed by atoms with Crippen molar-refractivity contribution < 1.29 is 9.47 Å². The van der Waals surface area contributed by atoms with E-state index < -0.39 is 5.41 Å². The summed E-state index contributed by atoms with van der Waals surface area (Å²) in [6, 6.07) is 117. The first-order chi connectivity index (χ1) is 56.7. The molecule has 21 rings (SSSR count). The van der Waals surface area contributed by atoms with Crippen molar-refractivity contribution in [1.82, 2.24) is 9.13 Å². The second-order valence-electron chi connectivity index (χ2n) is 38.4. The fraction of sp³-hybridized carbons (Fsp3) is 0.182. The molecule has 0 unspecified atom stereocenters. The Morgan fingerprint density at radius 2 is 0.534 bits per heavy atom. The molecule has 0 saturated heterocycles. The van der Waals surface area contributed by atoms with Crippen LogP contribution in [0.1, 0.15) is 132 Å². The molecule has 4 aliphatic rings. The summed E-state index contributed by atoms with van der Waals surface area (Å²) in [5.74, 6) is 3.28. The van der Waals surface area contributed by atoms with E-state index in [0.29, 0.717) is 0 Å². The van der Waals surface area contributed by atoms with Gasteiger partial charge in [-0.1, -0.05) is 353 Å². The first-order valence-electron chi connectivity index (χ1n) is 42.1. The van der Waals surface area contributed by atoms with Crippen LogP contribution in [0.5, 0.6) is 23.0 Å². The van der Waals surface area contributed by atoms with Gasteiger partial charge >= 0.3 is 0 Å². The smallest absolute Gasteiger partial charge is 0.256 e. The summed E-state index contributed by atoms with van der Waals surface area (Å²) in [6.07, 6.45) is 0. The molecule has 574 valence electrons. The monoisotopic (exact) mass is 1530 g/mol. The van der Waals surface area contributed by atoms with Crippen LogP contribution in [0.25, 0.3) is 99.5 Å². The van der Waals surface area contributed by atoms with E-state index in [1.807, 2.05) is 0 Å². The summed E-state index contributed by atoms with van der Waals surface area (Å²) < 4.78 is 21.9. The van der Waals surface area contributed by atoms with Gasteiger partial charge < -0.3 is 28.4 Å². The highest BCUT2D eigenvalue weighted by Crippen LogP contribution is 2.56. The van der Waals surface area contributed by atoms with E-state index in [-0.39, 0.29) is 35.1 Å². The SMILES string of the molecule is CC(C)(C)c1ccc2c3ccc(C(C)(C)C)cc3n(-c3cc4c5c(c3)N(c3c(-c6ccccc6)cccc3-c3ccccc3)c3ccccc3B5c3cc5c(c(C(C)(C)C)c3O4)Oc3cc(-n4c6cc(C(C)(C)C)ccc6c6ccc(C(C)(C)C)cc64)cc4c3B5c3ccccc3N4c3c(-c4ccccc4)cccc3-c3ccccc3)c2c1. The zero-order valence-corrected chi connectivity index (χ0v) is 70.2. The molecule has 0 bridgehead atoms. The number of ether oxygens (including phenoxy) is 2. The molecule has 6 heterocycles. The van der Waals surface area contributed by atoms with E-state index in [1.165, 1.54) is 54.7 Å². The summed E-state index contributed by atoms with van der Waals surface area (Å²) >= 11 is 0. The third-order valence-corrected chi connectivity index (χ3v) is 25.7. The largest absolute Gasteiger partial charge is 0.458 e. The van der Waals surface area contributed by atoms with E-state index in [0.717, 1.165) is 162 Å². The molecule has 0 saturated carbocycles. The molecule has 0 amide bonds. The number of anilines is 6. The molecule has 118 heavy (non-hydrogen) atoms. The number of para-hydroxylation sites is 4. The molecule has 15 aromatic carbocycles. The lowest BCUT2D eigenvalue weighted by atomic mass is 9.30. The Morgan fingerprint density at radius 3 is 0.822 bits per heavy atom. The van der Waals surface area contributed by atoms with E-state index in [9.17, 15) is 0 Å². The van der Waals surface area contributed by atoms with E-state index in [2.05, 4.69) is 432 Å². The summed E-state index contributed by atoms with van der Waals surface area (Å²) in [7, 11) is 0. The third kappa shape index (κ3) is 11.4. The predicted octanol–water partition coefficient (Wildman–Crippen LogP) is 25.8. The maximum Gasteiger partial charge on any atom is 0.256 e. The van der Waals surface area contributed by atoms with E-state index in [1.54, 1.807) is 0 Å². The number of nitrogens with zero attached hydrogens (tertiary/aromatic N) is 4. The average molecular weight is 1530 g/mol. The standard InChI is InChI=1S/C110H96B2N4O2/c1-106(2,3)71-50-54-81-82-55-51-72(107(4,5)6)59-92(82)113(91(81)58-71)75-62-95-100-97(64-75)117-104-87(111(100)85-46-28-30-48-89(85)115(95)102-77(67-34-20-16-21-35-67)42-32-43-78(102)68-36-22-17-23-37-68)66-88-105(99(104)110(13,14)15)118-98-65-76(114-93-60-73(108(7,8)9)52-56-83(93)84-57-53-74(61-94(84)114)109(10,11)12)63-96-101(98)112(88)86-47-29-31-49-90(86)116(96)103-79(69-38-24-18-25-39-69)44-33-45-80(103)70-40-26-19-27-41-70/h16-66H,1-15H3. The first kappa shape index (κ1) is 72.9. The highest BCUT2D eigenvalue weighted by molar-refractivity contribution is 7.02. The quantitative estimate of drug-likeness (QED) is 0.142. The van der Waals surface area contributed by atoms with Gasteiger partial charge in [0.2, 0.25) is 0 Å². The Morgan fingerprint density at radius 1 is 0.246 bits per heavy atom. The molecule has 0 N–H and O–H groups in total. The van der Waals surface area contributed by atoms with Gasteiger partial charge in [-0.2, -0.15) is 0 Å². The maximum absolute atomic E-state index is 8.37. The van der Waals surface area contributed by atoms with Gasteiger partial charge in [0.05, 0.1) is 44.8 Å². The Labute approximate surface area is 694 Å². The topological polar surface area (TPSA) is 34.8 Å². The van der Waals surface area contributed by atoms with Crippen molar-refractivity contribution in [3.63, 3.8) is 0 Å². The molecule has 17 aromatic rings. The Kier molecular flexibility index (Phi) is 16.3. The van der Waals surface area contributed by atoms with Gasteiger partial charge in [0.25, 0.3) is 13.4 Å². The lowest BCUT2D eigenvalue weighted by molar-refractivity contribution is 0.426. The molecular weight excluding hydrogens is 1430 g/mol. The summed E-state index contributed by atoms with van der Waals surface area (Å²) in [5.41, 5.74) is 34.0. The van der Waals surface area contributed by atoms with Crippen molar-refractivity contribution in [3.8, 4) is 78.9 Å². The minimum atomic E-state index is -0.566. The lowest BCUT2D eigenvalue weighted by Gasteiger charge is -2.45. The molecular formula is C110H96B2N4O2. The predicted molar refractivity (Wildman–Crippen MR) is 502 cm³/mol. The van der Waals surface area contributed by atoms with Crippen LogP contribution in [-0.2, 0) is 27.1 Å². The van der Waals surface area contributed by atoms with Crippen molar-refractivity contribution in [2.75, 3.05) is 9.80 Å². The molecule has 0 radical (unpaired) electrons. The summed E-state index contributed by atoms with van der Waals surface area (Å²) in [6.45, 7) is 34.4. The van der Waals surface area contributed by atoms with Crippen LogP contribution in [0.2, 0.25) is 0 Å². The Hall–Kier alpha value is -12.8. The number of rotatable bonds is 8. The minimum absolute atomic E-state index is 0.131. The van der Waals surface area contributed by atoms with E-state index in [4.69, 9.17) is 9.47 Å². The fourth-order valence-electron chi connectivity index (χ4n) is 19.8. The van der Waals surface area contributed by atoms with Crippen molar-refractivity contribution in [2.24, 2.45) is 0 Å². The first-order valence-corrected chi connectivity index (χ1v) is 42.1. The van der Waals surface area contributed by atoms with Gasteiger partial charge in [-0.25, -0.2) is 0 Å². The molecule has 6 nitrogen and oxygen atoms in total. The number of aromatic nitrogens is 2. The number of fused-ring (bicyclic) bond motifs is 14. The van der Waals surface area contributed by atoms with Crippen molar-refractivity contribution in [1.29, 1.82) is 0 Å². The van der Waals surface area contributed by atoms with Gasteiger partial charge in [0, 0.05) is 84.2 Å². The average Bonchev–Trinajstić information content (AvgIpc) is 0.901. The third-order valence-electron chi connectivity index (χ3n) is 25.7. The Balaban J connectivity index is 0.883. The normalized spacial score (nSPS) is 13.6. The number of hydrogen-bond acceptors (Lipinski definition) is 4. The van der Waals surface area contributed by atoms with Crippen LogP contribution in [0.15, 0.2) is 309 Å². The zero-order valence-electron chi connectivity index (χ0n) is 70.2. The van der Waals surface area contributed by atoms with Crippen molar-refractivity contribution in [3.05, 3.63) is 337 Å². The maximum atomic E-state index is 8.37. The van der Waals surface area contributed by atoms with Gasteiger partial charge in [0.15, 0.2) is 0 Å². The minimum Gasteiger partial charge on any atom is -0.458 e. The van der Waals surface area contributed by atoms with Crippen LogP contribution in [0.3, 0.4) is 0 Å². The molecule has 0 spiro atoms. The summed E-state index contributed by atoms with van der Waals surface area (Å²) in [5, 5.41) is 4.83. The molecule has 8 heteroatoms. The van der Waals surface area contributed by atoms with Gasteiger partial charge in [0.1, 0.15) is 23.0 Å². The van der Waals surface area contributed by atoms with E-state index >= 15 is 0 Å². The lowest BCUT2D eigenvalue weighted by Crippen LogP contribution is -2.64. The van der Waals surface area contributed by atoms with Crippen LogP contribution in [0.4, 0.5) is 34.1 Å². The molecule has 2 aromatic heterocycles. The second kappa shape index (κ2) is 26.4. The van der Waals surface area contributed by atoms with Crippen LogP contribution in [0, 0.1) is 0 Å². The van der Waals surface area contributed by atoms with Crippen LogP contribution in [-0.4, -0.2) is 22.6 Å². The fourth-order valence-corrected chi connectivity index (χ4v) is 19.8. The van der Waals surface area contributed by atoms with Gasteiger partial charge in [-0.3, -0.25) is 0 Å². The van der Waals surface area contributed by atoms with Crippen LogP contribution >= 0.6 is 0 Å². The molecule has 0 aliphatic carbocycles. The highest BCUT2D eigenvalue weighted by atomic mass is 16.5. The van der Waals surface area contributed by atoms with Gasteiger partial charge in [-0.15, -0.1) is 0 Å². The number of benzene rings is 15.